The normalized spacial score (nSPS) is 14.6. The first-order chi connectivity index (χ1) is 12.3. The maximum atomic E-state index is 11.9. The van der Waals surface area contributed by atoms with Crippen molar-refractivity contribution >= 4 is 5.91 Å². The van der Waals surface area contributed by atoms with Gasteiger partial charge >= 0.3 is 0 Å². The van der Waals surface area contributed by atoms with Crippen molar-refractivity contribution < 1.29 is 23.5 Å². The minimum absolute atomic E-state index is 0.214. The Kier molecular flexibility index (Phi) is 4.17. The first-order valence-corrected chi connectivity index (χ1v) is 8.02. The number of fused-ring (bicyclic) bond motifs is 1. The van der Waals surface area contributed by atoms with Gasteiger partial charge in [0.1, 0.15) is 18.1 Å². The smallest absolute Gasteiger partial charge is 0.274 e. The van der Waals surface area contributed by atoms with Gasteiger partial charge in [-0.3, -0.25) is 4.79 Å². The summed E-state index contributed by atoms with van der Waals surface area (Å²) in [6.45, 7) is 0.659. The molecule has 7 heteroatoms. The van der Waals surface area contributed by atoms with Crippen LogP contribution in [-0.2, 0) is 0 Å². The average molecular weight is 340 g/mol. The Morgan fingerprint density at radius 1 is 1.24 bits per heavy atom. The molecule has 2 heterocycles. The fraction of sp³-hybridized carbons (Fsp3) is 0.333. The van der Waals surface area contributed by atoms with E-state index in [0.717, 1.165) is 18.6 Å². The molecule has 0 saturated heterocycles. The molecular weight excluding hydrogens is 324 g/mol. The zero-order chi connectivity index (χ0) is 17.1. The van der Waals surface area contributed by atoms with Gasteiger partial charge in [0.2, 0.25) is 6.79 Å². The predicted molar refractivity (Wildman–Crippen MR) is 86.6 cm³/mol. The van der Waals surface area contributed by atoms with E-state index in [1.54, 1.807) is 24.3 Å². The summed E-state index contributed by atoms with van der Waals surface area (Å²) in [5, 5.41) is 6.46. The summed E-state index contributed by atoms with van der Waals surface area (Å²) in [5.41, 5.74) is 0.292. The maximum absolute atomic E-state index is 11.9. The molecule has 2 aromatic rings. The van der Waals surface area contributed by atoms with E-state index in [1.807, 2.05) is 0 Å². The van der Waals surface area contributed by atoms with Gasteiger partial charge in [-0.1, -0.05) is 17.0 Å². The number of carbonyl (C=O) groups excluding carboxylic acids is 1. The lowest BCUT2D eigenvalue weighted by Crippen LogP contribution is -2.23. The molecule has 25 heavy (non-hydrogen) atoms. The van der Waals surface area contributed by atoms with Crippen molar-refractivity contribution in [3.05, 3.63) is 35.7 Å². The number of nitrogens with zero attached hydrogens (tertiary/aromatic N) is 1. The summed E-state index contributed by atoms with van der Waals surface area (Å²) in [6, 6.07) is 7.04. The van der Waals surface area contributed by atoms with E-state index in [-0.39, 0.29) is 25.9 Å². The van der Waals surface area contributed by atoms with Crippen molar-refractivity contribution in [1.82, 2.24) is 10.5 Å². The topological polar surface area (TPSA) is 82.8 Å². The number of ether oxygens (including phenoxy) is 3. The van der Waals surface area contributed by atoms with Gasteiger partial charge in [0, 0.05) is 18.1 Å². The summed E-state index contributed by atoms with van der Waals surface area (Å²) >= 11 is 0. The quantitative estimate of drug-likeness (QED) is 0.839. The Balaban J connectivity index is 1.20. The first kappa shape index (κ1) is 15.4. The van der Waals surface area contributed by atoms with E-state index in [1.165, 1.54) is 0 Å². The molecule has 1 aromatic heterocycles. The van der Waals surface area contributed by atoms with Gasteiger partial charge < -0.3 is 24.1 Å². The Morgan fingerprint density at radius 2 is 2.12 bits per heavy atom. The third-order valence-electron chi connectivity index (χ3n) is 3.86. The lowest BCUT2D eigenvalue weighted by atomic mass is 10.3. The number of carbonyl (C=O) groups is 1. The molecule has 0 spiro atoms. The molecule has 128 valence electrons. The summed E-state index contributed by atoms with van der Waals surface area (Å²) in [7, 11) is 0. The zero-order valence-electron chi connectivity index (χ0n) is 13.4. The monoisotopic (exact) mass is 340 g/mol. The second-order valence-electron chi connectivity index (χ2n) is 5.73. The standard InChI is InChI=1S/C18H16N2O5/c21-18(14-10-16(25-20-14)12-3-4-12)19-7-1-2-8-22-13-5-6-15-17(9-13)24-11-23-15/h5-6,9-10,12H,3-4,7-8,11H2,(H,19,21). The minimum atomic E-state index is -0.290. The highest BCUT2D eigenvalue weighted by Crippen LogP contribution is 2.40. The second kappa shape index (κ2) is 6.77. The Bertz CT molecular complexity index is 845. The number of aromatic nitrogens is 1. The van der Waals surface area contributed by atoms with Crippen molar-refractivity contribution in [1.29, 1.82) is 0 Å². The highest BCUT2D eigenvalue weighted by atomic mass is 16.7. The van der Waals surface area contributed by atoms with E-state index in [0.29, 0.717) is 28.9 Å². The number of benzene rings is 1. The molecule has 4 rings (SSSR count). The molecular formula is C18H16N2O5. The number of rotatable bonds is 5. The molecule has 0 unspecified atom stereocenters. The number of hydrogen-bond acceptors (Lipinski definition) is 6. The second-order valence-corrected chi connectivity index (χ2v) is 5.73. The van der Waals surface area contributed by atoms with Crippen LogP contribution in [0.4, 0.5) is 0 Å². The maximum Gasteiger partial charge on any atom is 0.274 e. The van der Waals surface area contributed by atoms with Crippen molar-refractivity contribution in [2.75, 3.05) is 19.9 Å². The third kappa shape index (κ3) is 3.69. The largest absolute Gasteiger partial charge is 0.481 e. The molecule has 1 fully saturated rings. The van der Waals surface area contributed by atoms with Crippen LogP contribution in [0.2, 0.25) is 0 Å². The minimum Gasteiger partial charge on any atom is -0.481 e. The molecule has 2 aliphatic rings. The van der Waals surface area contributed by atoms with Gasteiger partial charge in [-0.2, -0.15) is 0 Å². The van der Waals surface area contributed by atoms with Crippen LogP contribution in [0.3, 0.4) is 0 Å². The molecule has 1 N–H and O–H groups in total. The molecule has 1 amide bonds. The van der Waals surface area contributed by atoms with Gasteiger partial charge in [-0.05, 0) is 25.0 Å². The van der Waals surface area contributed by atoms with Crippen LogP contribution >= 0.6 is 0 Å². The molecule has 7 nitrogen and oxygen atoms in total. The molecule has 0 bridgehead atoms. The van der Waals surface area contributed by atoms with Gasteiger partial charge in [-0.15, -0.1) is 0 Å². The number of amides is 1. The van der Waals surface area contributed by atoms with Crippen molar-refractivity contribution in [3.8, 4) is 29.1 Å². The van der Waals surface area contributed by atoms with E-state index >= 15 is 0 Å². The summed E-state index contributed by atoms with van der Waals surface area (Å²) in [6.07, 6.45) is 2.20. The highest BCUT2D eigenvalue weighted by molar-refractivity contribution is 5.92. The molecule has 1 saturated carbocycles. The summed E-state index contributed by atoms with van der Waals surface area (Å²) in [5.74, 6) is 8.62. The average Bonchev–Trinajstić information content (AvgIpc) is 3.17. The van der Waals surface area contributed by atoms with Crippen LogP contribution < -0.4 is 19.5 Å². The molecule has 1 aliphatic heterocycles. The fourth-order valence-corrected chi connectivity index (χ4v) is 2.37. The third-order valence-corrected chi connectivity index (χ3v) is 3.86. The van der Waals surface area contributed by atoms with Gasteiger partial charge in [-0.25, -0.2) is 0 Å². The fourth-order valence-electron chi connectivity index (χ4n) is 2.37. The van der Waals surface area contributed by atoms with Gasteiger partial charge in [0.05, 0.1) is 6.54 Å². The Hall–Kier alpha value is -3.14. The van der Waals surface area contributed by atoms with Crippen LogP contribution in [0.15, 0.2) is 28.8 Å². The van der Waals surface area contributed by atoms with Crippen molar-refractivity contribution in [2.24, 2.45) is 0 Å². The highest BCUT2D eigenvalue weighted by Gasteiger charge is 2.28. The van der Waals surface area contributed by atoms with Crippen molar-refractivity contribution in [3.63, 3.8) is 0 Å². The van der Waals surface area contributed by atoms with Crippen molar-refractivity contribution in [2.45, 2.75) is 18.8 Å². The van der Waals surface area contributed by atoms with Crippen LogP contribution in [0.25, 0.3) is 0 Å². The first-order valence-electron chi connectivity index (χ1n) is 8.02. The molecule has 0 atom stereocenters. The van der Waals surface area contributed by atoms with Gasteiger partial charge in [0.15, 0.2) is 17.2 Å². The van der Waals surface area contributed by atoms with E-state index < -0.39 is 0 Å². The number of hydrogen-bond donors (Lipinski definition) is 1. The van der Waals surface area contributed by atoms with Gasteiger partial charge in [0.25, 0.3) is 5.91 Å². The number of nitrogens with one attached hydrogen (secondary N) is 1. The van der Waals surface area contributed by atoms with Crippen LogP contribution in [0.5, 0.6) is 17.2 Å². The Morgan fingerprint density at radius 3 is 3.00 bits per heavy atom. The summed E-state index contributed by atoms with van der Waals surface area (Å²) < 4.78 is 21.2. The van der Waals surface area contributed by atoms with Crippen LogP contribution in [-0.4, -0.2) is 31.0 Å². The van der Waals surface area contributed by atoms with E-state index in [4.69, 9.17) is 18.7 Å². The van der Waals surface area contributed by atoms with E-state index in [9.17, 15) is 4.79 Å². The van der Waals surface area contributed by atoms with Crippen LogP contribution in [0, 0.1) is 11.8 Å². The molecule has 1 aromatic carbocycles. The molecule has 0 radical (unpaired) electrons. The SMILES string of the molecule is O=C(NCC#CCOc1ccc2c(c1)OCO2)c1cc(C2CC2)on1. The molecule has 1 aliphatic carbocycles. The summed E-state index contributed by atoms with van der Waals surface area (Å²) in [4.78, 5) is 11.9. The lowest BCUT2D eigenvalue weighted by Gasteiger charge is -2.02. The predicted octanol–water partition coefficient (Wildman–Crippen LogP) is 2.09. The Labute approximate surface area is 144 Å². The lowest BCUT2D eigenvalue weighted by molar-refractivity contribution is 0.0949. The van der Waals surface area contributed by atoms with E-state index in [2.05, 4.69) is 22.3 Å². The zero-order valence-corrected chi connectivity index (χ0v) is 13.4. The van der Waals surface area contributed by atoms with Crippen LogP contribution in [0.1, 0.15) is 35.0 Å².